The molecule has 2 rings (SSSR count). The Morgan fingerprint density at radius 2 is 2.09 bits per heavy atom. The van der Waals surface area contributed by atoms with E-state index in [9.17, 15) is 14.9 Å². The van der Waals surface area contributed by atoms with Crippen LogP contribution in [-0.4, -0.2) is 30.2 Å². The zero-order valence-electron chi connectivity index (χ0n) is 13.3. The molecule has 1 aliphatic heterocycles. The lowest BCUT2D eigenvalue weighted by Crippen LogP contribution is -2.36. The van der Waals surface area contributed by atoms with Crippen LogP contribution in [0.25, 0.3) is 0 Å². The van der Waals surface area contributed by atoms with Gasteiger partial charge in [-0.15, -0.1) is 0 Å². The van der Waals surface area contributed by atoms with Crippen molar-refractivity contribution in [2.75, 3.05) is 13.2 Å². The number of nitro groups is 1. The molecule has 2 amide bonds. The number of ether oxygens (including phenoxy) is 1. The van der Waals surface area contributed by atoms with E-state index in [1.54, 1.807) is 12.1 Å². The molecule has 0 saturated carbocycles. The standard InChI is InChI=1S/C16H23N3O4/c1-12-10-13(7-9-23-12)6-8-17-16(20)18-11-14-2-4-15(5-3-14)19(21)22/h2-5,12-13H,6-11H2,1H3,(H2,17,18,20)/t12-,13-/m0/s1. The third kappa shape index (κ3) is 5.86. The smallest absolute Gasteiger partial charge is 0.315 e. The minimum absolute atomic E-state index is 0.0453. The van der Waals surface area contributed by atoms with E-state index in [2.05, 4.69) is 17.6 Å². The number of benzene rings is 1. The van der Waals surface area contributed by atoms with E-state index in [1.807, 2.05) is 0 Å². The molecular formula is C16H23N3O4. The Balaban J connectivity index is 1.64. The molecule has 1 saturated heterocycles. The number of hydrogen-bond donors (Lipinski definition) is 2. The second-order valence-electron chi connectivity index (χ2n) is 5.89. The second-order valence-corrected chi connectivity index (χ2v) is 5.89. The summed E-state index contributed by atoms with van der Waals surface area (Å²) in [5.41, 5.74) is 0.868. The maximum absolute atomic E-state index is 11.7. The first-order valence-corrected chi connectivity index (χ1v) is 7.91. The summed E-state index contributed by atoms with van der Waals surface area (Å²) in [4.78, 5) is 21.9. The van der Waals surface area contributed by atoms with E-state index in [4.69, 9.17) is 4.74 Å². The average Bonchev–Trinajstić information content (AvgIpc) is 2.53. The van der Waals surface area contributed by atoms with Crippen molar-refractivity contribution in [3.8, 4) is 0 Å². The van der Waals surface area contributed by atoms with Crippen LogP contribution in [0.3, 0.4) is 0 Å². The highest BCUT2D eigenvalue weighted by molar-refractivity contribution is 5.73. The van der Waals surface area contributed by atoms with Crippen LogP contribution >= 0.6 is 0 Å². The van der Waals surface area contributed by atoms with Gasteiger partial charge in [0.1, 0.15) is 0 Å². The summed E-state index contributed by atoms with van der Waals surface area (Å²) in [6, 6.07) is 5.93. The van der Waals surface area contributed by atoms with Gasteiger partial charge < -0.3 is 15.4 Å². The van der Waals surface area contributed by atoms with Crippen LogP contribution in [0.15, 0.2) is 24.3 Å². The van der Waals surface area contributed by atoms with Crippen LogP contribution in [0.1, 0.15) is 31.7 Å². The molecule has 0 spiro atoms. The molecule has 0 aromatic heterocycles. The number of nitro benzene ring substituents is 1. The molecule has 126 valence electrons. The molecule has 7 heteroatoms. The van der Waals surface area contributed by atoms with Gasteiger partial charge >= 0.3 is 6.03 Å². The molecule has 2 N–H and O–H groups in total. The average molecular weight is 321 g/mol. The molecule has 0 radical (unpaired) electrons. The number of amides is 2. The largest absolute Gasteiger partial charge is 0.378 e. The lowest BCUT2D eigenvalue weighted by Gasteiger charge is -2.27. The Kier molecular flexibility index (Phi) is 6.34. The molecule has 23 heavy (non-hydrogen) atoms. The summed E-state index contributed by atoms with van der Waals surface area (Å²) in [6.07, 6.45) is 3.37. The van der Waals surface area contributed by atoms with Crippen LogP contribution in [0.4, 0.5) is 10.5 Å². The van der Waals surface area contributed by atoms with Crippen molar-refractivity contribution < 1.29 is 14.5 Å². The first-order valence-electron chi connectivity index (χ1n) is 7.91. The number of carbonyl (C=O) groups is 1. The first kappa shape index (κ1) is 17.2. The van der Waals surface area contributed by atoms with Crippen molar-refractivity contribution in [1.29, 1.82) is 0 Å². The SMILES string of the molecule is C[C@H]1C[C@@H](CCNC(=O)NCc2ccc([N+](=O)[O-])cc2)CCO1. The van der Waals surface area contributed by atoms with Gasteiger partial charge in [-0.25, -0.2) is 4.79 Å². The van der Waals surface area contributed by atoms with Gasteiger partial charge in [0, 0.05) is 31.8 Å². The van der Waals surface area contributed by atoms with Crippen molar-refractivity contribution in [2.45, 2.75) is 38.8 Å². The van der Waals surface area contributed by atoms with Crippen molar-refractivity contribution >= 4 is 11.7 Å². The molecule has 2 atom stereocenters. The van der Waals surface area contributed by atoms with Crippen molar-refractivity contribution in [3.63, 3.8) is 0 Å². The van der Waals surface area contributed by atoms with Crippen LogP contribution in [0.5, 0.6) is 0 Å². The predicted octanol–water partition coefficient (Wildman–Crippen LogP) is 2.60. The quantitative estimate of drug-likeness (QED) is 0.622. The van der Waals surface area contributed by atoms with E-state index >= 15 is 0 Å². The lowest BCUT2D eigenvalue weighted by atomic mass is 9.93. The summed E-state index contributed by atoms with van der Waals surface area (Å²) in [7, 11) is 0. The van der Waals surface area contributed by atoms with E-state index in [-0.39, 0.29) is 11.7 Å². The van der Waals surface area contributed by atoms with E-state index in [0.29, 0.717) is 25.1 Å². The monoisotopic (exact) mass is 321 g/mol. The molecule has 1 fully saturated rings. The first-order chi connectivity index (χ1) is 11.0. The van der Waals surface area contributed by atoms with Crippen LogP contribution in [0.2, 0.25) is 0 Å². The Labute approximate surface area is 135 Å². The zero-order valence-corrected chi connectivity index (χ0v) is 13.3. The van der Waals surface area contributed by atoms with Gasteiger partial charge in [-0.05, 0) is 37.7 Å². The fraction of sp³-hybridized carbons (Fsp3) is 0.562. The van der Waals surface area contributed by atoms with Gasteiger partial charge in [0.15, 0.2) is 0 Å². The number of hydrogen-bond acceptors (Lipinski definition) is 4. The number of carbonyl (C=O) groups excluding carboxylic acids is 1. The molecule has 1 aliphatic rings. The predicted molar refractivity (Wildman–Crippen MR) is 86.1 cm³/mol. The minimum atomic E-state index is -0.443. The van der Waals surface area contributed by atoms with Gasteiger partial charge in [0.2, 0.25) is 0 Å². The molecule has 0 bridgehead atoms. The summed E-state index contributed by atoms with van der Waals surface area (Å²) in [5, 5.41) is 16.2. The Hall–Kier alpha value is -2.15. The normalized spacial score (nSPS) is 20.7. The highest BCUT2D eigenvalue weighted by atomic mass is 16.6. The number of urea groups is 1. The van der Waals surface area contributed by atoms with Crippen molar-refractivity contribution in [1.82, 2.24) is 10.6 Å². The number of non-ortho nitro benzene ring substituents is 1. The fourth-order valence-corrected chi connectivity index (χ4v) is 2.72. The number of nitrogens with zero attached hydrogens (tertiary/aromatic N) is 1. The van der Waals surface area contributed by atoms with Gasteiger partial charge in [-0.2, -0.15) is 0 Å². The second kappa shape index (κ2) is 8.47. The van der Waals surface area contributed by atoms with Crippen molar-refractivity contribution in [3.05, 3.63) is 39.9 Å². The van der Waals surface area contributed by atoms with E-state index in [0.717, 1.165) is 31.4 Å². The highest BCUT2D eigenvalue weighted by Gasteiger charge is 2.18. The molecule has 1 aromatic rings. The Bertz CT molecular complexity index is 533. The maximum atomic E-state index is 11.7. The fourth-order valence-electron chi connectivity index (χ4n) is 2.72. The zero-order chi connectivity index (χ0) is 16.7. The van der Waals surface area contributed by atoms with Crippen LogP contribution in [-0.2, 0) is 11.3 Å². The van der Waals surface area contributed by atoms with Crippen LogP contribution in [0, 0.1) is 16.0 Å². The summed E-state index contributed by atoms with van der Waals surface area (Å²) >= 11 is 0. The van der Waals surface area contributed by atoms with Gasteiger partial charge in [-0.1, -0.05) is 12.1 Å². The van der Waals surface area contributed by atoms with Gasteiger partial charge in [0.05, 0.1) is 11.0 Å². The van der Waals surface area contributed by atoms with Crippen LogP contribution < -0.4 is 10.6 Å². The topological polar surface area (TPSA) is 93.5 Å². The maximum Gasteiger partial charge on any atom is 0.315 e. The third-order valence-corrected chi connectivity index (χ3v) is 4.03. The third-order valence-electron chi connectivity index (χ3n) is 4.03. The van der Waals surface area contributed by atoms with Gasteiger partial charge in [-0.3, -0.25) is 10.1 Å². The Morgan fingerprint density at radius 3 is 2.74 bits per heavy atom. The molecule has 1 heterocycles. The molecule has 1 aromatic carbocycles. The molecular weight excluding hydrogens is 298 g/mol. The summed E-state index contributed by atoms with van der Waals surface area (Å²) < 4.78 is 5.50. The minimum Gasteiger partial charge on any atom is -0.378 e. The summed E-state index contributed by atoms with van der Waals surface area (Å²) in [6.45, 7) is 3.87. The van der Waals surface area contributed by atoms with Crippen molar-refractivity contribution in [2.24, 2.45) is 5.92 Å². The highest BCUT2D eigenvalue weighted by Crippen LogP contribution is 2.22. The molecule has 0 unspecified atom stereocenters. The van der Waals surface area contributed by atoms with E-state index < -0.39 is 4.92 Å². The summed E-state index contributed by atoms with van der Waals surface area (Å²) in [5.74, 6) is 0.605. The molecule has 0 aliphatic carbocycles. The lowest BCUT2D eigenvalue weighted by molar-refractivity contribution is -0.384. The van der Waals surface area contributed by atoms with E-state index in [1.165, 1.54) is 12.1 Å². The molecule has 7 nitrogen and oxygen atoms in total. The number of rotatable bonds is 6. The Morgan fingerprint density at radius 1 is 1.35 bits per heavy atom. The van der Waals surface area contributed by atoms with Gasteiger partial charge in [0.25, 0.3) is 5.69 Å². The number of nitrogens with one attached hydrogen (secondary N) is 2.